The Balaban J connectivity index is 1.80. The molecule has 0 saturated carbocycles. The van der Waals surface area contributed by atoms with E-state index in [-0.39, 0.29) is 0 Å². The predicted octanol–water partition coefficient (Wildman–Crippen LogP) is 2.37. The van der Waals surface area contributed by atoms with Crippen LogP contribution in [0, 0.1) is 6.92 Å². The molecule has 2 N–H and O–H groups in total. The summed E-state index contributed by atoms with van der Waals surface area (Å²) in [7, 11) is 0. The number of hydrogen-bond donors (Lipinski definition) is 2. The maximum absolute atomic E-state index is 6.16. The second-order valence-corrected chi connectivity index (χ2v) is 5.42. The molecule has 0 aliphatic heterocycles. The topological polar surface area (TPSA) is 75.3 Å². The van der Waals surface area contributed by atoms with Crippen molar-refractivity contribution in [1.29, 1.82) is 0 Å². The van der Waals surface area contributed by atoms with Gasteiger partial charge in [-0.25, -0.2) is 0 Å². The van der Waals surface area contributed by atoms with E-state index in [1.165, 1.54) is 0 Å². The molecule has 1 aromatic carbocycles. The fourth-order valence-corrected chi connectivity index (χ4v) is 2.29. The average Bonchev–Trinajstić information content (AvgIpc) is 2.94. The van der Waals surface area contributed by atoms with Crippen LogP contribution in [0.3, 0.4) is 0 Å². The summed E-state index contributed by atoms with van der Waals surface area (Å²) in [5, 5.41) is 11.1. The average molecular weight is 336 g/mol. The second kappa shape index (κ2) is 9.15. The number of rotatable bonds is 7. The van der Waals surface area contributed by atoms with E-state index in [1.807, 2.05) is 31.2 Å². The largest absolute Gasteiger partial charge is 0.357 e. The minimum Gasteiger partial charge on any atom is -0.357 e. The van der Waals surface area contributed by atoms with E-state index in [4.69, 9.17) is 16.1 Å². The van der Waals surface area contributed by atoms with Crippen molar-refractivity contribution in [2.45, 2.75) is 26.7 Å². The highest BCUT2D eigenvalue weighted by atomic mass is 35.5. The number of nitrogens with one attached hydrogen (secondary N) is 2. The van der Waals surface area contributed by atoms with Gasteiger partial charge in [-0.2, -0.15) is 4.98 Å². The van der Waals surface area contributed by atoms with Crippen molar-refractivity contribution >= 4 is 17.6 Å². The summed E-state index contributed by atoms with van der Waals surface area (Å²) in [4.78, 5) is 8.67. The van der Waals surface area contributed by atoms with Gasteiger partial charge in [-0.1, -0.05) is 35.0 Å². The van der Waals surface area contributed by atoms with Gasteiger partial charge in [-0.05, 0) is 31.9 Å². The summed E-state index contributed by atoms with van der Waals surface area (Å²) in [5.74, 6) is 2.03. The van der Waals surface area contributed by atoms with Gasteiger partial charge in [0.2, 0.25) is 5.89 Å². The van der Waals surface area contributed by atoms with E-state index in [0.717, 1.165) is 36.1 Å². The summed E-state index contributed by atoms with van der Waals surface area (Å²) in [6.45, 7) is 5.99. The predicted molar refractivity (Wildman–Crippen MR) is 91.9 cm³/mol. The van der Waals surface area contributed by atoms with Crippen molar-refractivity contribution in [2.24, 2.45) is 4.99 Å². The molecule has 1 heterocycles. The fraction of sp³-hybridized carbons (Fsp3) is 0.438. The first-order valence-electron chi connectivity index (χ1n) is 7.74. The van der Waals surface area contributed by atoms with E-state index in [0.29, 0.717) is 24.7 Å². The van der Waals surface area contributed by atoms with Crippen LogP contribution in [0.25, 0.3) is 0 Å². The summed E-state index contributed by atoms with van der Waals surface area (Å²) >= 11 is 6.16. The molecule has 0 aliphatic carbocycles. The van der Waals surface area contributed by atoms with E-state index in [1.54, 1.807) is 6.92 Å². The number of benzene rings is 1. The number of aromatic nitrogens is 2. The Morgan fingerprint density at radius 3 is 2.78 bits per heavy atom. The van der Waals surface area contributed by atoms with Crippen molar-refractivity contribution in [3.63, 3.8) is 0 Å². The molecule has 0 unspecified atom stereocenters. The molecular formula is C16H22ClN5O. The lowest BCUT2D eigenvalue weighted by Gasteiger charge is -2.11. The van der Waals surface area contributed by atoms with Crippen LogP contribution in [0.15, 0.2) is 33.8 Å². The standard InChI is InChI=1S/C16H22ClN5O/c1-3-18-16(20-11-9-15-21-12(2)22-23-15)19-10-8-13-6-4-5-7-14(13)17/h4-7H,3,8-11H2,1-2H3,(H2,18,19,20). The molecule has 0 aliphatic rings. The first-order chi connectivity index (χ1) is 11.2. The summed E-state index contributed by atoms with van der Waals surface area (Å²) in [5.41, 5.74) is 1.12. The molecule has 6 nitrogen and oxygen atoms in total. The van der Waals surface area contributed by atoms with Gasteiger partial charge < -0.3 is 15.2 Å². The van der Waals surface area contributed by atoms with Gasteiger partial charge in [-0.15, -0.1) is 0 Å². The first-order valence-corrected chi connectivity index (χ1v) is 8.11. The van der Waals surface area contributed by atoms with Crippen LogP contribution in [0.4, 0.5) is 0 Å². The minimum atomic E-state index is 0.586. The van der Waals surface area contributed by atoms with Crippen LogP contribution in [-0.2, 0) is 12.8 Å². The van der Waals surface area contributed by atoms with Crippen molar-refractivity contribution in [2.75, 3.05) is 19.6 Å². The maximum Gasteiger partial charge on any atom is 0.228 e. The molecule has 2 rings (SSSR count). The smallest absolute Gasteiger partial charge is 0.228 e. The molecule has 1 aromatic heterocycles. The maximum atomic E-state index is 6.16. The third kappa shape index (κ3) is 5.90. The number of hydrogen-bond acceptors (Lipinski definition) is 4. The van der Waals surface area contributed by atoms with Gasteiger partial charge in [0.05, 0.1) is 6.54 Å². The molecular weight excluding hydrogens is 314 g/mol. The lowest BCUT2D eigenvalue weighted by atomic mass is 10.1. The Labute approximate surface area is 141 Å². The second-order valence-electron chi connectivity index (χ2n) is 5.01. The van der Waals surface area contributed by atoms with Crippen molar-refractivity contribution in [1.82, 2.24) is 20.8 Å². The van der Waals surface area contributed by atoms with E-state index >= 15 is 0 Å². The van der Waals surface area contributed by atoms with Gasteiger partial charge in [0, 0.05) is 24.5 Å². The molecule has 7 heteroatoms. The van der Waals surface area contributed by atoms with Crippen LogP contribution in [0.2, 0.25) is 5.02 Å². The molecule has 0 spiro atoms. The highest BCUT2D eigenvalue weighted by Gasteiger charge is 2.03. The lowest BCUT2D eigenvalue weighted by molar-refractivity contribution is 0.376. The number of nitrogens with zero attached hydrogens (tertiary/aromatic N) is 3. The highest BCUT2D eigenvalue weighted by Crippen LogP contribution is 2.14. The Morgan fingerprint density at radius 2 is 2.09 bits per heavy atom. The van der Waals surface area contributed by atoms with Crippen LogP contribution in [-0.4, -0.2) is 35.7 Å². The van der Waals surface area contributed by atoms with Crippen molar-refractivity contribution in [3.8, 4) is 0 Å². The monoisotopic (exact) mass is 335 g/mol. The number of aryl methyl sites for hydroxylation is 1. The quantitative estimate of drug-likeness (QED) is 0.600. The Morgan fingerprint density at radius 1 is 1.26 bits per heavy atom. The molecule has 23 heavy (non-hydrogen) atoms. The number of halogens is 1. The van der Waals surface area contributed by atoms with Gasteiger partial charge in [0.25, 0.3) is 0 Å². The molecule has 0 saturated heterocycles. The minimum absolute atomic E-state index is 0.586. The molecule has 0 radical (unpaired) electrons. The van der Waals surface area contributed by atoms with Crippen LogP contribution >= 0.6 is 11.6 Å². The zero-order chi connectivity index (χ0) is 16.5. The molecule has 124 valence electrons. The van der Waals surface area contributed by atoms with Gasteiger partial charge in [-0.3, -0.25) is 4.99 Å². The Hall–Kier alpha value is -2.08. The third-order valence-electron chi connectivity index (χ3n) is 3.15. The van der Waals surface area contributed by atoms with Crippen molar-refractivity contribution in [3.05, 3.63) is 46.6 Å². The molecule has 0 fully saturated rings. The normalized spacial score (nSPS) is 11.5. The van der Waals surface area contributed by atoms with E-state index in [9.17, 15) is 0 Å². The SMILES string of the molecule is CCNC(=NCCc1nc(C)no1)NCCc1ccccc1Cl. The van der Waals surface area contributed by atoms with Gasteiger partial charge in [0.15, 0.2) is 11.8 Å². The van der Waals surface area contributed by atoms with E-state index in [2.05, 4.69) is 25.8 Å². The van der Waals surface area contributed by atoms with Crippen molar-refractivity contribution < 1.29 is 4.52 Å². The van der Waals surface area contributed by atoms with Crippen LogP contribution < -0.4 is 10.6 Å². The fourth-order valence-electron chi connectivity index (χ4n) is 2.06. The number of guanidine groups is 1. The summed E-state index contributed by atoms with van der Waals surface area (Å²) in [6, 6.07) is 7.87. The molecule has 2 aromatic rings. The van der Waals surface area contributed by atoms with Gasteiger partial charge >= 0.3 is 0 Å². The summed E-state index contributed by atoms with van der Waals surface area (Å²) < 4.78 is 5.07. The zero-order valence-corrected chi connectivity index (χ0v) is 14.2. The van der Waals surface area contributed by atoms with E-state index < -0.39 is 0 Å². The Kier molecular flexibility index (Phi) is 6.87. The number of aliphatic imine (C=N–C) groups is 1. The lowest BCUT2D eigenvalue weighted by Crippen LogP contribution is -2.38. The highest BCUT2D eigenvalue weighted by molar-refractivity contribution is 6.31. The first kappa shape index (κ1) is 17.3. The molecule has 0 bridgehead atoms. The Bertz CT molecular complexity index is 641. The molecule has 0 amide bonds. The van der Waals surface area contributed by atoms with Crippen LogP contribution in [0.5, 0.6) is 0 Å². The third-order valence-corrected chi connectivity index (χ3v) is 3.52. The van der Waals surface area contributed by atoms with Gasteiger partial charge in [0.1, 0.15) is 0 Å². The zero-order valence-electron chi connectivity index (χ0n) is 13.5. The summed E-state index contributed by atoms with van der Waals surface area (Å²) in [6.07, 6.45) is 1.47. The molecule has 0 atom stereocenters. The van der Waals surface area contributed by atoms with Crippen LogP contribution in [0.1, 0.15) is 24.2 Å².